The largest absolute Gasteiger partial charge is 0.396 e. The molecule has 17 heavy (non-hydrogen) atoms. The van der Waals surface area contributed by atoms with Crippen molar-refractivity contribution < 1.29 is 13.2 Å². The summed E-state index contributed by atoms with van der Waals surface area (Å²) in [6.07, 6.45) is -1.21. The molecule has 1 aromatic heterocycles. The highest BCUT2D eigenvalue weighted by atomic mass is 79.9. The smallest absolute Gasteiger partial charge is 0.389 e. The Labute approximate surface area is 106 Å². The van der Waals surface area contributed by atoms with Gasteiger partial charge in [-0.1, -0.05) is 0 Å². The Morgan fingerprint density at radius 3 is 2.59 bits per heavy atom. The number of nitrogens with zero attached hydrogens (tertiary/aromatic N) is 1. The zero-order valence-electron chi connectivity index (χ0n) is 9.02. The van der Waals surface area contributed by atoms with Crippen LogP contribution in [-0.4, -0.2) is 17.7 Å². The van der Waals surface area contributed by atoms with Gasteiger partial charge in [-0.15, -0.1) is 0 Å². The van der Waals surface area contributed by atoms with E-state index in [4.69, 9.17) is 5.73 Å². The average Bonchev–Trinajstić information content (AvgIpc) is 2.20. The quantitative estimate of drug-likeness (QED) is 0.817. The summed E-state index contributed by atoms with van der Waals surface area (Å²) >= 11 is 3.26. The Hall–Kier alpha value is -0.980. The maximum atomic E-state index is 11.9. The molecule has 1 heterocycles. The normalized spacial score (nSPS) is 11.5. The van der Waals surface area contributed by atoms with Crippen molar-refractivity contribution in [3.05, 3.63) is 16.9 Å². The summed E-state index contributed by atoms with van der Waals surface area (Å²) < 4.78 is 36.3. The van der Waals surface area contributed by atoms with E-state index in [9.17, 15) is 13.2 Å². The van der Waals surface area contributed by atoms with Gasteiger partial charge in [-0.3, -0.25) is 4.98 Å². The number of halogens is 4. The van der Waals surface area contributed by atoms with Crippen molar-refractivity contribution in [2.45, 2.75) is 25.4 Å². The molecule has 7 heteroatoms. The Morgan fingerprint density at radius 2 is 2.00 bits per heavy atom. The number of hydrogen-bond acceptors (Lipinski definition) is 3. The van der Waals surface area contributed by atoms with E-state index in [0.717, 1.165) is 0 Å². The van der Waals surface area contributed by atoms with Crippen LogP contribution >= 0.6 is 15.9 Å². The molecule has 0 aliphatic rings. The van der Waals surface area contributed by atoms with E-state index in [1.807, 2.05) is 0 Å². The molecule has 0 aliphatic heterocycles. The number of nitrogen functional groups attached to an aromatic ring is 1. The minimum atomic E-state index is -4.07. The molecule has 0 saturated carbocycles. The molecule has 0 spiro atoms. The molecule has 0 aliphatic carbocycles. The fraction of sp³-hybridized carbons (Fsp3) is 0.500. The van der Waals surface area contributed by atoms with Gasteiger partial charge >= 0.3 is 6.18 Å². The van der Waals surface area contributed by atoms with E-state index in [2.05, 4.69) is 26.2 Å². The standard InChI is InChI=1S/C10H13BrF3N3/c11-7-5-16-6-8(15)9(7)17-4-2-1-3-10(12,13)14/h5-6H,1-4,15H2,(H,16,17). The van der Waals surface area contributed by atoms with Gasteiger partial charge in [0.25, 0.3) is 0 Å². The topological polar surface area (TPSA) is 50.9 Å². The predicted molar refractivity (Wildman–Crippen MR) is 64.7 cm³/mol. The lowest BCUT2D eigenvalue weighted by atomic mass is 10.2. The summed E-state index contributed by atoms with van der Waals surface area (Å²) in [7, 11) is 0. The van der Waals surface area contributed by atoms with Gasteiger partial charge < -0.3 is 11.1 Å². The van der Waals surface area contributed by atoms with Gasteiger partial charge in [0, 0.05) is 19.2 Å². The Balaban J connectivity index is 2.32. The summed E-state index contributed by atoms with van der Waals surface area (Å²) in [6, 6.07) is 0. The van der Waals surface area contributed by atoms with E-state index in [1.54, 1.807) is 6.20 Å². The van der Waals surface area contributed by atoms with Crippen LogP contribution in [0.25, 0.3) is 0 Å². The molecule has 0 atom stereocenters. The molecule has 0 unspecified atom stereocenters. The second kappa shape index (κ2) is 6.09. The highest BCUT2D eigenvalue weighted by molar-refractivity contribution is 9.10. The molecular weight excluding hydrogens is 299 g/mol. The van der Waals surface area contributed by atoms with Gasteiger partial charge in [0.2, 0.25) is 0 Å². The average molecular weight is 312 g/mol. The molecule has 3 N–H and O–H groups in total. The van der Waals surface area contributed by atoms with Gasteiger partial charge in [0.1, 0.15) is 0 Å². The van der Waals surface area contributed by atoms with Crippen molar-refractivity contribution in [1.29, 1.82) is 0 Å². The first-order chi connectivity index (χ1) is 7.90. The second-order valence-corrected chi connectivity index (χ2v) is 4.44. The number of alkyl halides is 3. The monoisotopic (exact) mass is 311 g/mol. The van der Waals surface area contributed by atoms with Gasteiger partial charge in [-0.05, 0) is 28.8 Å². The lowest BCUT2D eigenvalue weighted by Crippen LogP contribution is -2.09. The Morgan fingerprint density at radius 1 is 1.29 bits per heavy atom. The Bertz CT molecular complexity index is 348. The molecular formula is C10H13BrF3N3. The molecule has 0 aromatic carbocycles. The van der Waals surface area contributed by atoms with E-state index < -0.39 is 12.6 Å². The van der Waals surface area contributed by atoms with Crippen molar-refractivity contribution in [3.8, 4) is 0 Å². The lowest BCUT2D eigenvalue weighted by Gasteiger charge is -2.11. The number of aromatic nitrogens is 1. The highest BCUT2D eigenvalue weighted by Gasteiger charge is 2.25. The summed E-state index contributed by atoms with van der Waals surface area (Å²) in [5, 5.41) is 2.99. The number of pyridine rings is 1. The van der Waals surface area contributed by atoms with Crippen LogP contribution in [0.3, 0.4) is 0 Å². The SMILES string of the molecule is Nc1cncc(Br)c1NCCCCC(F)(F)F. The van der Waals surface area contributed by atoms with Gasteiger partial charge in [0.05, 0.1) is 22.0 Å². The maximum absolute atomic E-state index is 11.9. The van der Waals surface area contributed by atoms with Gasteiger partial charge in [-0.25, -0.2) is 0 Å². The third-order valence-electron chi connectivity index (χ3n) is 2.12. The third-order valence-corrected chi connectivity index (χ3v) is 2.72. The molecule has 0 bridgehead atoms. The summed E-state index contributed by atoms with van der Waals surface area (Å²) in [5.74, 6) is 0. The van der Waals surface area contributed by atoms with Crippen molar-refractivity contribution >= 4 is 27.3 Å². The molecule has 0 fully saturated rings. The number of rotatable bonds is 5. The van der Waals surface area contributed by atoms with Gasteiger partial charge in [0.15, 0.2) is 0 Å². The highest BCUT2D eigenvalue weighted by Crippen LogP contribution is 2.27. The molecule has 96 valence electrons. The minimum Gasteiger partial charge on any atom is -0.396 e. The van der Waals surface area contributed by atoms with Crippen molar-refractivity contribution in [2.24, 2.45) is 0 Å². The zero-order chi connectivity index (χ0) is 12.9. The minimum absolute atomic E-state index is 0.110. The van der Waals surface area contributed by atoms with Crippen LogP contribution in [0.5, 0.6) is 0 Å². The molecule has 1 aromatic rings. The van der Waals surface area contributed by atoms with Crippen LogP contribution in [0.2, 0.25) is 0 Å². The van der Waals surface area contributed by atoms with Crippen molar-refractivity contribution in [2.75, 3.05) is 17.6 Å². The van der Waals surface area contributed by atoms with E-state index in [1.165, 1.54) is 6.20 Å². The molecule has 3 nitrogen and oxygen atoms in total. The van der Waals surface area contributed by atoms with E-state index in [-0.39, 0.29) is 6.42 Å². The summed E-state index contributed by atoms with van der Waals surface area (Å²) in [5.41, 5.74) is 6.81. The van der Waals surface area contributed by atoms with Crippen molar-refractivity contribution in [3.63, 3.8) is 0 Å². The molecule has 0 radical (unpaired) electrons. The van der Waals surface area contributed by atoms with Crippen LogP contribution in [-0.2, 0) is 0 Å². The first-order valence-electron chi connectivity index (χ1n) is 5.10. The summed E-state index contributed by atoms with van der Waals surface area (Å²) in [6.45, 7) is 0.447. The number of anilines is 2. The van der Waals surface area contributed by atoms with Crippen LogP contribution < -0.4 is 11.1 Å². The number of hydrogen-bond donors (Lipinski definition) is 2. The number of unbranched alkanes of at least 4 members (excludes halogenated alkanes) is 1. The van der Waals surface area contributed by atoms with Crippen molar-refractivity contribution in [1.82, 2.24) is 4.98 Å². The maximum Gasteiger partial charge on any atom is 0.389 e. The van der Waals surface area contributed by atoms with E-state index >= 15 is 0 Å². The first-order valence-corrected chi connectivity index (χ1v) is 5.89. The predicted octanol–water partition coefficient (Wildman–Crippen LogP) is 3.57. The van der Waals surface area contributed by atoms with Gasteiger partial charge in [-0.2, -0.15) is 13.2 Å². The fourth-order valence-corrected chi connectivity index (χ4v) is 1.79. The molecule has 0 amide bonds. The van der Waals surface area contributed by atoms with Crippen LogP contribution in [0.4, 0.5) is 24.5 Å². The second-order valence-electron chi connectivity index (χ2n) is 3.58. The Kier molecular flexibility index (Phi) is 5.04. The lowest BCUT2D eigenvalue weighted by molar-refractivity contribution is -0.135. The number of nitrogens with two attached hydrogens (primary N) is 1. The third kappa shape index (κ3) is 5.25. The van der Waals surface area contributed by atoms with E-state index in [0.29, 0.717) is 28.8 Å². The van der Waals surface area contributed by atoms with Crippen LogP contribution in [0.15, 0.2) is 16.9 Å². The molecule has 1 rings (SSSR count). The zero-order valence-corrected chi connectivity index (χ0v) is 10.6. The molecule has 0 saturated heterocycles. The van der Waals surface area contributed by atoms with Crippen LogP contribution in [0.1, 0.15) is 19.3 Å². The van der Waals surface area contributed by atoms with Crippen LogP contribution in [0, 0.1) is 0 Å². The fourth-order valence-electron chi connectivity index (χ4n) is 1.30. The number of nitrogens with one attached hydrogen (secondary N) is 1. The summed E-state index contributed by atoms with van der Waals surface area (Å²) in [4.78, 5) is 3.86. The first kappa shape index (κ1) is 14.1.